The molecule has 1 atom stereocenters. The number of carbonyl (C=O) groups excluding carboxylic acids is 1. The Morgan fingerprint density at radius 2 is 1.96 bits per heavy atom. The molecular formula is C17H26ClN3O3S. The van der Waals surface area contributed by atoms with Crippen LogP contribution in [0.3, 0.4) is 0 Å². The second kappa shape index (κ2) is 6.78. The van der Waals surface area contributed by atoms with Crippen molar-refractivity contribution in [1.29, 1.82) is 0 Å². The number of hydrogen-bond donors (Lipinski definition) is 1. The van der Waals surface area contributed by atoms with Crippen molar-refractivity contribution in [2.75, 3.05) is 30.2 Å². The van der Waals surface area contributed by atoms with Gasteiger partial charge in [0.2, 0.25) is 10.0 Å². The first-order chi connectivity index (χ1) is 11.1. The smallest absolute Gasteiger partial charge is 0.253 e. The van der Waals surface area contributed by atoms with E-state index in [0.29, 0.717) is 37.3 Å². The van der Waals surface area contributed by atoms with E-state index in [1.807, 2.05) is 11.0 Å². The molecule has 25 heavy (non-hydrogen) atoms. The zero-order valence-corrected chi connectivity index (χ0v) is 16.5. The number of sulfonamides is 1. The fourth-order valence-corrected chi connectivity index (χ4v) is 4.54. The van der Waals surface area contributed by atoms with Gasteiger partial charge in [0.25, 0.3) is 5.91 Å². The van der Waals surface area contributed by atoms with Gasteiger partial charge in [0.05, 0.1) is 11.9 Å². The van der Waals surface area contributed by atoms with Crippen LogP contribution in [-0.2, 0) is 16.4 Å². The molecule has 0 radical (unpaired) electrons. The lowest BCUT2D eigenvalue weighted by atomic mass is 9.79. The minimum Gasteiger partial charge on any atom is -0.338 e. The molecule has 2 heterocycles. The summed E-state index contributed by atoms with van der Waals surface area (Å²) in [5.74, 6) is -0.00409. The molecule has 140 valence electrons. The maximum Gasteiger partial charge on any atom is 0.253 e. The van der Waals surface area contributed by atoms with Crippen LogP contribution < -0.4 is 10.0 Å². The molecule has 8 heteroatoms. The van der Waals surface area contributed by atoms with Crippen LogP contribution >= 0.6 is 12.4 Å². The van der Waals surface area contributed by atoms with Crippen molar-refractivity contribution in [3.05, 3.63) is 29.3 Å². The number of halogens is 1. The molecule has 2 N–H and O–H groups in total. The molecule has 2 aliphatic rings. The molecule has 0 spiro atoms. The third-order valence-electron chi connectivity index (χ3n) is 5.18. The summed E-state index contributed by atoms with van der Waals surface area (Å²) in [6, 6.07) is 5.42. The lowest BCUT2D eigenvalue weighted by Crippen LogP contribution is -2.54. The molecule has 1 amide bonds. The first kappa shape index (κ1) is 20.0. The third-order valence-corrected chi connectivity index (χ3v) is 6.36. The quantitative estimate of drug-likeness (QED) is 0.835. The summed E-state index contributed by atoms with van der Waals surface area (Å²) in [4.78, 5) is 14.7. The second-order valence-electron chi connectivity index (χ2n) is 7.54. The van der Waals surface area contributed by atoms with Crippen LogP contribution in [0.5, 0.6) is 0 Å². The Bertz CT molecular complexity index is 779. The number of carbonyl (C=O) groups is 1. The van der Waals surface area contributed by atoms with Gasteiger partial charge >= 0.3 is 0 Å². The van der Waals surface area contributed by atoms with Crippen molar-refractivity contribution in [1.82, 2.24) is 4.90 Å². The van der Waals surface area contributed by atoms with Crippen molar-refractivity contribution in [2.45, 2.75) is 32.7 Å². The van der Waals surface area contributed by atoms with E-state index in [1.54, 1.807) is 12.1 Å². The van der Waals surface area contributed by atoms with Crippen LogP contribution in [0.2, 0.25) is 0 Å². The topological polar surface area (TPSA) is 83.7 Å². The van der Waals surface area contributed by atoms with Gasteiger partial charge in [0, 0.05) is 31.2 Å². The molecule has 0 saturated carbocycles. The van der Waals surface area contributed by atoms with Gasteiger partial charge in [0.1, 0.15) is 0 Å². The number of nitrogens with zero attached hydrogens (tertiary/aromatic N) is 2. The maximum absolute atomic E-state index is 12.8. The highest BCUT2D eigenvalue weighted by Gasteiger charge is 2.36. The van der Waals surface area contributed by atoms with Crippen LogP contribution in [0, 0.1) is 5.41 Å². The van der Waals surface area contributed by atoms with E-state index in [4.69, 9.17) is 5.73 Å². The molecule has 1 aromatic rings. The van der Waals surface area contributed by atoms with Gasteiger partial charge in [-0.2, -0.15) is 0 Å². The van der Waals surface area contributed by atoms with E-state index in [9.17, 15) is 13.2 Å². The average Bonchev–Trinajstić information content (AvgIpc) is 2.92. The number of benzene rings is 1. The molecule has 0 aliphatic carbocycles. The fraction of sp³-hybridized carbons (Fsp3) is 0.588. The average molecular weight is 388 g/mol. The zero-order chi connectivity index (χ0) is 17.7. The lowest BCUT2D eigenvalue weighted by molar-refractivity contribution is 0.0533. The largest absolute Gasteiger partial charge is 0.338 e. The van der Waals surface area contributed by atoms with Crippen LogP contribution in [0.15, 0.2) is 18.2 Å². The Morgan fingerprint density at radius 1 is 1.28 bits per heavy atom. The Kier molecular flexibility index (Phi) is 5.42. The summed E-state index contributed by atoms with van der Waals surface area (Å²) in [5.41, 5.74) is 8.27. The molecule has 1 aromatic carbocycles. The standard InChI is InChI=1S/C17H25N3O3S.ClH/c1-17(2)11-19(8-7-15(17)18)16(21)13-4-5-14-12(10-13)6-9-20(14)24(3,22)23;/h4-5,10,15H,6-9,11,18H2,1-3H3;1H. The molecule has 0 bridgehead atoms. The number of likely N-dealkylation sites (tertiary alicyclic amines) is 1. The van der Waals surface area contributed by atoms with Gasteiger partial charge in [-0.1, -0.05) is 13.8 Å². The normalized spacial score (nSPS) is 22.3. The molecule has 1 saturated heterocycles. The van der Waals surface area contributed by atoms with Gasteiger partial charge in [-0.05, 0) is 42.0 Å². The minimum absolute atomic E-state index is 0. The number of anilines is 1. The van der Waals surface area contributed by atoms with Crippen LogP contribution in [0.25, 0.3) is 0 Å². The first-order valence-corrected chi connectivity index (χ1v) is 10.1. The predicted octanol–water partition coefficient (Wildman–Crippen LogP) is 1.63. The molecule has 0 aromatic heterocycles. The summed E-state index contributed by atoms with van der Waals surface area (Å²) in [6.45, 7) is 5.92. The summed E-state index contributed by atoms with van der Waals surface area (Å²) in [5, 5.41) is 0. The maximum atomic E-state index is 12.8. The van der Waals surface area contributed by atoms with E-state index in [1.165, 1.54) is 10.6 Å². The number of piperidine rings is 1. The second-order valence-corrected chi connectivity index (χ2v) is 9.45. The number of rotatable bonds is 2. The summed E-state index contributed by atoms with van der Waals surface area (Å²) >= 11 is 0. The lowest BCUT2D eigenvalue weighted by Gasteiger charge is -2.42. The minimum atomic E-state index is -3.27. The number of nitrogens with two attached hydrogens (primary N) is 1. The SMILES string of the molecule is CC1(C)CN(C(=O)c2ccc3c(c2)CCN3S(C)(=O)=O)CCC1N.Cl. The third kappa shape index (κ3) is 3.78. The predicted molar refractivity (Wildman–Crippen MR) is 102 cm³/mol. The van der Waals surface area contributed by atoms with Crippen molar-refractivity contribution in [2.24, 2.45) is 11.1 Å². The Morgan fingerprint density at radius 3 is 2.56 bits per heavy atom. The molecule has 1 unspecified atom stereocenters. The Labute approximate surface area is 155 Å². The highest BCUT2D eigenvalue weighted by atomic mass is 35.5. The Balaban J connectivity index is 0.00000225. The van der Waals surface area contributed by atoms with Gasteiger partial charge in [0.15, 0.2) is 0 Å². The summed E-state index contributed by atoms with van der Waals surface area (Å²) in [6.07, 6.45) is 2.64. The van der Waals surface area contributed by atoms with Gasteiger partial charge in [-0.3, -0.25) is 9.10 Å². The van der Waals surface area contributed by atoms with Gasteiger partial charge < -0.3 is 10.6 Å². The molecule has 3 rings (SSSR count). The summed E-state index contributed by atoms with van der Waals surface area (Å²) < 4.78 is 25.0. The van der Waals surface area contributed by atoms with E-state index in [-0.39, 0.29) is 29.8 Å². The molecule has 1 fully saturated rings. The number of hydrogen-bond acceptors (Lipinski definition) is 4. The van der Waals surface area contributed by atoms with Crippen LogP contribution in [0.1, 0.15) is 36.2 Å². The van der Waals surface area contributed by atoms with E-state index < -0.39 is 10.0 Å². The highest BCUT2D eigenvalue weighted by molar-refractivity contribution is 7.92. The van der Waals surface area contributed by atoms with E-state index >= 15 is 0 Å². The molecule has 6 nitrogen and oxygen atoms in total. The van der Waals surface area contributed by atoms with Gasteiger partial charge in [-0.15, -0.1) is 12.4 Å². The fourth-order valence-electron chi connectivity index (χ4n) is 3.58. The van der Waals surface area contributed by atoms with E-state index in [2.05, 4.69) is 13.8 Å². The van der Waals surface area contributed by atoms with Crippen LogP contribution in [-0.4, -0.2) is 51.2 Å². The van der Waals surface area contributed by atoms with Crippen molar-refractivity contribution < 1.29 is 13.2 Å². The number of amides is 1. The Hall–Kier alpha value is -1.31. The summed E-state index contributed by atoms with van der Waals surface area (Å²) in [7, 11) is -3.27. The molecular weight excluding hydrogens is 362 g/mol. The van der Waals surface area contributed by atoms with E-state index in [0.717, 1.165) is 12.0 Å². The highest BCUT2D eigenvalue weighted by Crippen LogP contribution is 2.32. The zero-order valence-electron chi connectivity index (χ0n) is 14.9. The number of fused-ring (bicyclic) bond motifs is 1. The van der Waals surface area contributed by atoms with Crippen molar-refractivity contribution in [3.8, 4) is 0 Å². The van der Waals surface area contributed by atoms with Crippen molar-refractivity contribution >= 4 is 34.0 Å². The first-order valence-electron chi connectivity index (χ1n) is 8.25. The monoisotopic (exact) mass is 387 g/mol. The van der Waals surface area contributed by atoms with Crippen molar-refractivity contribution in [3.63, 3.8) is 0 Å². The van der Waals surface area contributed by atoms with Crippen LogP contribution in [0.4, 0.5) is 5.69 Å². The molecule has 2 aliphatic heterocycles. The van der Waals surface area contributed by atoms with Gasteiger partial charge in [-0.25, -0.2) is 8.42 Å².